The number of halogens is 1. The van der Waals surface area contributed by atoms with Gasteiger partial charge in [0, 0.05) is 11.6 Å². The van der Waals surface area contributed by atoms with Crippen molar-refractivity contribution in [3.05, 3.63) is 72.3 Å². The van der Waals surface area contributed by atoms with Crippen LogP contribution >= 0.6 is 12.4 Å². The molecular formula is C25H21ClN2O5S. The fraction of sp³-hybridized carbons (Fsp3) is 0.0800. The van der Waals surface area contributed by atoms with Crippen molar-refractivity contribution in [3.8, 4) is 34.0 Å². The van der Waals surface area contributed by atoms with Crippen LogP contribution in [-0.4, -0.2) is 35.2 Å². The predicted molar refractivity (Wildman–Crippen MR) is 134 cm³/mol. The van der Waals surface area contributed by atoms with Gasteiger partial charge in [-0.2, -0.15) is 8.42 Å². The minimum atomic E-state index is -4.46. The van der Waals surface area contributed by atoms with Crippen molar-refractivity contribution in [1.82, 2.24) is 9.97 Å². The number of aromatic nitrogens is 2. The smallest absolute Gasteiger partial charge is 0.294 e. The fourth-order valence-corrected chi connectivity index (χ4v) is 4.60. The summed E-state index contributed by atoms with van der Waals surface area (Å²) >= 11 is 0. The van der Waals surface area contributed by atoms with Crippen LogP contribution < -0.4 is 4.74 Å². The molecule has 4 aromatic carbocycles. The maximum Gasteiger partial charge on any atom is 0.294 e. The molecule has 0 radical (unpaired) electrons. The van der Waals surface area contributed by atoms with Crippen molar-refractivity contribution >= 4 is 44.3 Å². The zero-order valence-electron chi connectivity index (χ0n) is 18.2. The van der Waals surface area contributed by atoms with E-state index in [0.717, 1.165) is 28.3 Å². The highest BCUT2D eigenvalue weighted by molar-refractivity contribution is 7.85. The Morgan fingerprint density at radius 1 is 0.971 bits per heavy atom. The highest BCUT2D eigenvalue weighted by Gasteiger charge is 2.19. The van der Waals surface area contributed by atoms with E-state index in [2.05, 4.69) is 4.98 Å². The van der Waals surface area contributed by atoms with E-state index >= 15 is 0 Å². The molecule has 1 heterocycles. The molecule has 9 heteroatoms. The van der Waals surface area contributed by atoms with Crippen LogP contribution in [-0.2, 0) is 10.1 Å². The Hall–Kier alpha value is -3.59. The molecule has 174 valence electrons. The summed E-state index contributed by atoms with van der Waals surface area (Å²) in [5.74, 6) is 0.910. The number of phenols is 1. The van der Waals surface area contributed by atoms with Gasteiger partial charge in [0.1, 0.15) is 22.8 Å². The molecular weight excluding hydrogens is 476 g/mol. The summed E-state index contributed by atoms with van der Waals surface area (Å²) in [6.45, 7) is 2.03. The Bertz CT molecular complexity index is 1640. The number of nitrogens with zero attached hydrogens (tertiary/aromatic N) is 1. The van der Waals surface area contributed by atoms with Crippen LogP contribution in [0.1, 0.15) is 5.56 Å². The van der Waals surface area contributed by atoms with Crippen LogP contribution in [0.25, 0.3) is 44.3 Å². The summed E-state index contributed by atoms with van der Waals surface area (Å²) in [4.78, 5) is 7.60. The van der Waals surface area contributed by atoms with E-state index in [1.807, 2.05) is 49.4 Å². The molecule has 0 amide bonds. The van der Waals surface area contributed by atoms with Crippen LogP contribution in [0.4, 0.5) is 0 Å². The second-order valence-corrected chi connectivity index (χ2v) is 9.24. The number of rotatable bonds is 4. The van der Waals surface area contributed by atoms with E-state index in [1.165, 1.54) is 6.07 Å². The van der Waals surface area contributed by atoms with Crippen LogP contribution in [0.5, 0.6) is 11.5 Å². The fourth-order valence-electron chi connectivity index (χ4n) is 4.06. The lowest BCUT2D eigenvalue weighted by Crippen LogP contribution is -1.97. The van der Waals surface area contributed by atoms with Gasteiger partial charge in [-0.25, -0.2) is 4.98 Å². The van der Waals surface area contributed by atoms with Crippen LogP contribution in [0.15, 0.2) is 71.6 Å². The molecule has 0 aliphatic heterocycles. The molecule has 0 bridgehead atoms. The first-order valence-electron chi connectivity index (χ1n) is 10.1. The highest BCUT2D eigenvalue weighted by Crippen LogP contribution is 2.40. The molecule has 0 spiro atoms. The van der Waals surface area contributed by atoms with Crippen molar-refractivity contribution in [2.75, 3.05) is 7.11 Å². The number of nitrogens with one attached hydrogen (secondary N) is 1. The number of ether oxygens (including phenoxy) is 1. The number of phenolic OH excluding ortho intramolecular Hbond substituents is 1. The SMILES string of the molecule is COc1c(-c2ccc(C)cc2)cccc1-c1nc2c(ccc3cc(S(=O)(=O)O)cc(O)c32)[nH]1.Cl. The topological polar surface area (TPSA) is 113 Å². The van der Waals surface area contributed by atoms with Crippen molar-refractivity contribution in [3.63, 3.8) is 0 Å². The standard InChI is InChI=1S/C25H20N2O5S.ClH/c1-14-6-8-15(9-7-14)18-4-3-5-19(24(18)32-2)25-26-20-11-10-16-12-17(33(29,30)31)13-21(28)22(16)23(20)27-25;/h3-13,28H,1-2H3,(H,26,27)(H,29,30,31);1H. The number of benzene rings is 4. The number of hydrogen-bond donors (Lipinski definition) is 3. The zero-order valence-corrected chi connectivity index (χ0v) is 19.9. The predicted octanol–water partition coefficient (Wildman–Crippen LogP) is 5.74. The number of H-pyrrole nitrogens is 1. The number of hydrogen-bond acceptors (Lipinski definition) is 5. The lowest BCUT2D eigenvalue weighted by Gasteiger charge is -2.12. The third-order valence-electron chi connectivity index (χ3n) is 5.65. The Morgan fingerprint density at radius 3 is 2.35 bits per heavy atom. The Labute approximate surface area is 202 Å². The summed E-state index contributed by atoms with van der Waals surface area (Å²) in [5, 5.41) is 11.4. The second-order valence-electron chi connectivity index (χ2n) is 7.82. The van der Waals surface area contributed by atoms with Gasteiger partial charge >= 0.3 is 0 Å². The van der Waals surface area contributed by atoms with E-state index in [0.29, 0.717) is 33.4 Å². The first-order valence-corrected chi connectivity index (χ1v) is 11.6. The first-order chi connectivity index (χ1) is 15.8. The number of aryl methyl sites for hydroxylation is 1. The van der Waals surface area contributed by atoms with Gasteiger partial charge in [0.15, 0.2) is 0 Å². The van der Waals surface area contributed by atoms with E-state index in [-0.39, 0.29) is 23.1 Å². The monoisotopic (exact) mass is 496 g/mol. The highest BCUT2D eigenvalue weighted by atomic mass is 35.5. The molecule has 3 N–H and O–H groups in total. The van der Waals surface area contributed by atoms with Gasteiger partial charge in [-0.05, 0) is 36.1 Å². The lowest BCUT2D eigenvalue weighted by atomic mass is 10.00. The van der Waals surface area contributed by atoms with Crippen molar-refractivity contribution < 1.29 is 22.8 Å². The van der Waals surface area contributed by atoms with Crippen molar-refractivity contribution in [2.45, 2.75) is 11.8 Å². The lowest BCUT2D eigenvalue weighted by molar-refractivity contribution is 0.418. The number of aromatic hydroxyl groups is 1. The summed E-state index contributed by atoms with van der Waals surface area (Å²) in [6, 6.07) is 19.7. The van der Waals surface area contributed by atoms with E-state index in [4.69, 9.17) is 9.72 Å². The molecule has 1 aromatic heterocycles. The van der Waals surface area contributed by atoms with Gasteiger partial charge in [0.25, 0.3) is 10.1 Å². The summed E-state index contributed by atoms with van der Waals surface area (Å²) in [7, 11) is -2.85. The Balaban J connectivity index is 0.00000274. The average molecular weight is 497 g/mol. The number of para-hydroxylation sites is 1. The van der Waals surface area contributed by atoms with E-state index in [9.17, 15) is 18.1 Å². The van der Waals surface area contributed by atoms with Gasteiger partial charge in [0.05, 0.1) is 28.5 Å². The summed E-state index contributed by atoms with van der Waals surface area (Å²) < 4.78 is 38.2. The minimum absolute atomic E-state index is 0. The second kappa shape index (κ2) is 8.64. The number of methoxy groups -OCH3 is 1. The molecule has 0 atom stereocenters. The number of aromatic amines is 1. The molecule has 0 aliphatic carbocycles. The molecule has 0 aliphatic rings. The molecule has 0 fully saturated rings. The molecule has 0 saturated heterocycles. The number of fused-ring (bicyclic) bond motifs is 3. The van der Waals surface area contributed by atoms with Crippen molar-refractivity contribution in [1.29, 1.82) is 0 Å². The summed E-state index contributed by atoms with van der Waals surface area (Å²) in [5.41, 5.74) is 4.97. The van der Waals surface area contributed by atoms with Gasteiger partial charge in [-0.15, -0.1) is 12.4 Å². The van der Waals surface area contributed by atoms with Crippen molar-refractivity contribution in [2.24, 2.45) is 0 Å². The maximum absolute atomic E-state index is 11.5. The Kier molecular flexibility index (Phi) is 5.99. The molecule has 34 heavy (non-hydrogen) atoms. The van der Waals surface area contributed by atoms with E-state index in [1.54, 1.807) is 19.2 Å². The van der Waals surface area contributed by atoms with Crippen LogP contribution in [0.2, 0.25) is 0 Å². The maximum atomic E-state index is 11.5. The van der Waals surface area contributed by atoms with E-state index < -0.39 is 10.1 Å². The normalized spacial score (nSPS) is 11.5. The van der Waals surface area contributed by atoms with Gasteiger partial charge in [0.2, 0.25) is 0 Å². The largest absolute Gasteiger partial charge is 0.507 e. The number of imidazole rings is 1. The first kappa shape index (κ1) is 23.6. The minimum Gasteiger partial charge on any atom is -0.507 e. The Morgan fingerprint density at radius 2 is 1.68 bits per heavy atom. The quantitative estimate of drug-likeness (QED) is 0.273. The third-order valence-corrected chi connectivity index (χ3v) is 6.49. The van der Waals surface area contributed by atoms with Crippen LogP contribution in [0.3, 0.4) is 0 Å². The molecule has 0 unspecified atom stereocenters. The molecule has 7 nitrogen and oxygen atoms in total. The summed E-state index contributed by atoms with van der Waals surface area (Å²) in [6.07, 6.45) is 0. The average Bonchev–Trinajstić information content (AvgIpc) is 3.22. The van der Waals surface area contributed by atoms with Gasteiger partial charge < -0.3 is 14.8 Å². The molecule has 0 saturated carbocycles. The molecule has 5 rings (SSSR count). The van der Waals surface area contributed by atoms with Gasteiger partial charge in [-0.1, -0.05) is 48.0 Å². The van der Waals surface area contributed by atoms with Gasteiger partial charge in [-0.3, -0.25) is 4.55 Å². The zero-order chi connectivity index (χ0) is 23.3. The third kappa shape index (κ3) is 3.96. The molecule has 5 aromatic rings. The van der Waals surface area contributed by atoms with Crippen LogP contribution in [0, 0.1) is 6.92 Å².